The molecule has 6 heteroatoms. The fraction of sp³-hybridized carbons (Fsp3) is 0.933. The lowest BCUT2D eigenvalue weighted by molar-refractivity contribution is -0.186. The third-order valence-corrected chi connectivity index (χ3v) is 4.47. The third-order valence-electron chi connectivity index (χ3n) is 4.47. The van der Waals surface area contributed by atoms with Crippen LogP contribution in [0.5, 0.6) is 0 Å². The summed E-state index contributed by atoms with van der Waals surface area (Å²) < 4.78 is 32.2. The summed E-state index contributed by atoms with van der Waals surface area (Å²) >= 11 is 0. The molecular weight excluding hydrogens is 278 g/mol. The average Bonchev–Trinajstić information content (AvgIpc) is 2.33. The Kier molecular flexibility index (Phi) is 4.21. The molecular formula is C15H26F2N2O2. The van der Waals surface area contributed by atoms with Gasteiger partial charge in [-0.2, -0.15) is 0 Å². The highest BCUT2D eigenvalue weighted by atomic mass is 19.3. The molecule has 21 heavy (non-hydrogen) atoms. The van der Waals surface area contributed by atoms with Gasteiger partial charge in [-0.1, -0.05) is 0 Å². The molecule has 2 rings (SSSR count). The SMILES string of the molecule is CC(C)(C)OC(=O)N1CCCCC1C1(CN)CC(F)(F)C1. The van der Waals surface area contributed by atoms with Crippen molar-refractivity contribution in [2.45, 2.75) is 70.4 Å². The number of rotatable bonds is 2. The number of halogens is 2. The molecule has 1 atom stereocenters. The van der Waals surface area contributed by atoms with E-state index in [2.05, 4.69) is 0 Å². The van der Waals surface area contributed by atoms with Crippen molar-refractivity contribution in [3.05, 3.63) is 0 Å². The molecule has 1 unspecified atom stereocenters. The number of hydrogen-bond acceptors (Lipinski definition) is 3. The maximum atomic E-state index is 13.4. The maximum Gasteiger partial charge on any atom is 0.410 e. The molecule has 2 aliphatic rings. The van der Waals surface area contributed by atoms with Gasteiger partial charge < -0.3 is 15.4 Å². The molecule has 0 radical (unpaired) electrons. The van der Waals surface area contributed by atoms with Gasteiger partial charge in [-0.05, 0) is 40.0 Å². The zero-order chi connectivity index (χ0) is 15.9. The second-order valence-electron chi connectivity index (χ2n) is 7.46. The molecule has 0 aromatic heterocycles. The molecule has 1 aliphatic carbocycles. The van der Waals surface area contributed by atoms with E-state index in [4.69, 9.17) is 10.5 Å². The molecule has 2 N–H and O–H groups in total. The lowest BCUT2D eigenvalue weighted by atomic mass is 9.59. The highest BCUT2D eigenvalue weighted by Gasteiger charge is 2.61. The van der Waals surface area contributed by atoms with E-state index in [9.17, 15) is 13.6 Å². The van der Waals surface area contributed by atoms with Crippen molar-refractivity contribution in [1.29, 1.82) is 0 Å². The van der Waals surface area contributed by atoms with Crippen LogP contribution in [0.4, 0.5) is 13.6 Å². The first-order valence-electron chi connectivity index (χ1n) is 7.66. The zero-order valence-electron chi connectivity index (χ0n) is 13.1. The summed E-state index contributed by atoms with van der Waals surface area (Å²) in [5.41, 5.74) is 4.56. The number of likely N-dealkylation sites (tertiary alicyclic amines) is 1. The fourth-order valence-electron chi connectivity index (χ4n) is 3.60. The molecule has 1 aliphatic heterocycles. The minimum Gasteiger partial charge on any atom is -0.444 e. The summed E-state index contributed by atoms with van der Waals surface area (Å²) in [5, 5.41) is 0. The summed E-state index contributed by atoms with van der Waals surface area (Å²) in [6.07, 6.45) is 1.70. The van der Waals surface area contributed by atoms with Gasteiger partial charge in [0.15, 0.2) is 0 Å². The van der Waals surface area contributed by atoms with Crippen LogP contribution in [0.2, 0.25) is 0 Å². The largest absolute Gasteiger partial charge is 0.444 e. The monoisotopic (exact) mass is 304 g/mol. The van der Waals surface area contributed by atoms with Crippen LogP contribution >= 0.6 is 0 Å². The van der Waals surface area contributed by atoms with E-state index in [1.165, 1.54) is 0 Å². The van der Waals surface area contributed by atoms with Crippen LogP contribution in [0.15, 0.2) is 0 Å². The Labute approximate surface area is 125 Å². The van der Waals surface area contributed by atoms with E-state index in [1.807, 2.05) is 0 Å². The second-order valence-corrected chi connectivity index (χ2v) is 7.46. The highest BCUT2D eigenvalue weighted by molar-refractivity contribution is 5.69. The highest BCUT2D eigenvalue weighted by Crippen LogP contribution is 2.56. The summed E-state index contributed by atoms with van der Waals surface area (Å²) in [6.45, 7) is 6.17. The third kappa shape index (κ3) is 3.47. The molecule has 1 amide bonds. The van der Waals surface area contributed by atoms with Gasteiger partial charge in [-0.15, -0.1) is 0 Å². The Morgan fingerprint density at radius 1 is 1.33 bits per heavy atom. The van der Waals surface area contributed by atoms with Gasteiger partial charge in [0.05, 0.1) is 0 Å². The first-order valence-corrected chi connectivity index (χ1v) is 7.66. The number of nitrogens with zero attached hydrogens (tertiary/aromatic N) is 1. The Balaban J connectivity index is 2.14. The fourth-order valence-corrected chi connectivity index (χ4v) is 3.60. The second kappa shape index (κ2) is 5.38. The summed E-state index contributed by atoms with van der Waals surface area (Å²) in [7, 11) is 0. The van der Waals surface area contributed by atoms with Crippen molar-refractivity contribution in [3.63, 3.8) is 0 Å². The molecule has 0 aromatic carbocycles. The Bertz CT molecular complexity index is 399. The number of hydrogen-bond donors (Lipinski definition) is 1. The first kappa shape index (κ1) is 16.5. The van der Waals surface area contributed by atoms with Gasteiger partial charge in [0.25, 0.3) is 0 Å². The Hall–Kier alpha value is -0.910. The number of ether oxygens (including phenoxy) is 1. The van der Waals surface area contributed by atoms with Crippen LogP contribution in [0.3, 0.4) is 0 Å². The molecule has 0 bridgehead atoms. The summed E-state index contributed by atoms with van der Waals surface area (Å²) in [6, 6.07) is -0.231. The molecule has 0 aromatic rings. The number of amides is 1. The van der Waals surface area contributed by atoms with Crippen LogP contribution in [0, 0.1) is 5.41 Å². The molecule has 4 nitrogen and oxygen atoms in total. The maximum absolute atomic E-state index is 13.4. The summed E-state index contributed by atoms with van der Waals surface area (Å²) in [5.74, 6) is -2.64. The predicted molar refractivity (Wildman–Crippen MR) is 76.2 cm³/mol. The number of alkyl halides is 2. The van der Waals surface area contributed by atoms with Crippen molar-refractivity contribution in [1.82, 2.24) is 4.90 Å². The predicted octanol–water partition coefficient (Wildman–Crippen LogP) is 3.15. The normalized spacial score (nSPS) is 27.9. The average molecular weight is 304 g/mol. The van der Waals surface area contributed by atoms with Crippen molar-refractivity contribution in [3.8, 4) is 0 Å². The van der Waals surface area contributed by atoms with Crippen molar-refractivity contribution in [2.75, 3.05) is 13.1 Å². The molecule has 122 valence electrons. The van der Waals surface area contributed by atoms with Crippen molar-refractivity contribution in [2.24, 2.45) is 11.1 Å². The quantitative estimate of drug-likeness (QED) is 0.852. The smallest absolute Gasteiger partial charge is 0.410 e. The lowest BCUT2D eigenvalue weighted by Gasteiger charge is -2.55. The Morgan fingerprint density at radius 2 is 1.95 bits per heavy atom. The van der Waals surface area contributed by atoms with Crippen LogP contribution in [-0.4, -0.2) is 41.6 Å². The summed E-state index contributed by atoms with van der Waals surface area (Å²) in [4.78, 5) is 14.0. The van der Waals surface area contributed by atoms with Crippen LogP contribution in [0.1, 0.15) is 52.9 Å². The van der Waals surface area contributed by atoms with Crippen molar-refractivity contribution < 1.29 is 18.3 Å². The number of piperidine rings is 1. The molecule has 1 heterocycles. The molecule has 2 fully saturated rings. The van der Waals surface area contributed by atoms with Gasteiger partial charge >= 0.3 is 6.09 Å². The number of nitrogens with two attached hydrogens (primary N) is 1. The zero-order valence-corrected chi connectivity index (χ0v) is 13.1. The molecule has 1 saturated carbocycles. The molecule has 1 saturated heterocycles. The van der Waals surface area contributed by atoms with E-state index in [-0.39, 0.29) is 25.4 Å². The first-order chi connectivity index (χ1) is 9.59. The van der Waals surface area contributed by atoms with Crippen LogP contribution in [-0.2, 0) is 4.74 Å². The van der Waals surface area contributed by atoms with E-state index in [0.717, 1.165) is 19.3 Å². The Morgan fingerprint density at radius 3 is 2.43 bits per heavy atom. The number of carbonyl (C=O) groups excluding carboxylic acids is 1. The van der Waals surface area contributed by atoms with E-state index in [1.54, 1.807) is 25.7 Å². The van der Waals surface area contributed by atoms with Gasteiger partial charge in [0, 0.05) is 37.4 Å². The standard InChI is InChI=1S/C15H26F2N2O2/c1-13(2,3)21-12(20)19-7-5-4-6-11(19)14(10-18)8-15(16,17)9-14/h11H,4-10,18H2,1-3H3. The van der Waals surface area contributed by atoms with Crippen LogP contribution < -0.4 is 5.73 Å². The van der Waals surface area contributed by atoms with E-state index >= 15 is 0 Å². The van der Waals surface area contributed by atoms with Crippen LogP contribution in [0.25, 0.3) is 0 Å². The topological polar surface area (TPSA) is 55.6 Å². The minimum atomic E-state index is -2.64. The number of carbonyl (C=O) groups is 1. The minimum absolute atomic E-state index is 0.187. The van der Waals surface area contributed by atoms with Gasteiger partial charge in [0.1, 0.15) is 5.60 Å². The van der Waals surface area contributed by atoms with E-state index in [0.29, 0.717) is 6.54 Å². The van der Waals surface area contributed by atoms with Gasteiger partial charge in [0.2, 0.25) is 5.92 Å². The molecule has 0 spiro atoms. The lowest BCUT2D eigenvalue weighted by Crippen LogP contribution is -2.64. The van der Waals surface area contributed by atoms with Gasteiger partial charge in [-0.25, -0.2) is 13.6 Å². The van der Waals surface area contributed by atoms with Crippen molar-refractivity contribution >= 4 is 6.09 Å². The van der Waals surface area contributed by atoms with Gasteiger partial charge in [-0.3, -0.25) is 0 Å². The van der Waals surface area contributed by atoms with E-state index < -0.39 is 23.0 Å².